The summed E-state index contributed by atoms with van der Waals surface area (Å²) < 4.78 is 16.2. The molecule has 0 N–H and O–H groups in total. The van der Waals surface area contributed by atoms with Gasteiger partial charge in [-0.3, -0.25) is 9.59 Å². The molecular formula is C29H34N2O5S. The Balaban J connectivity index is 1.52. The van der Waals surface area contributed by atoms with E-state index in [0.29, 0.717) is 42.3 Å². The number of hydrogen-bond acceptors (Lipinski definition) is 6. The van der Waals surface area contributed by atoms with Crippen LogP contribution < -0.4 is 14.2 Å². The average molecular weight is 523 g/mol. The first-order valence-electron chi connectivity index (χ1n) is 12.4. The molecule has 1 aliphatic rings. The zero-order valence-electron chi connectivity index (χ0n) is 21.9. The Hall–Kier alpha value is -3.52. The van der Waals surface area contributed by atoms with Crippen molar-refractivity contribution < 1.29 is 23.8 Å². The largest absolute Gasteiger partial charge is 0.496 e. The third-order valence-corrected chi connectivity index (χ3v) is 7.49. The Morgan fingerprint density at radius 3 is 2.30 bits per heavy atom. The van der Waals surface area contributed by atoms with Gasteiger partial charge in [-0.15, -0.1) is 11.3 Å². The van der Waals surface area contributed by atoms with E-state index in [4.69, 9.17) is 14.2 Å². The van der Waals surface area contributed by atoms with Crippen molar-refractivity contribution in [1.29, 1.82) is 0 Å². The molecule has 37 heavy (non-hydrogen) atoms. The molecule has 8 heteroatoms. The molecule has 3 aromatic rings. The van der Waals surface area contributed by atoms with Crippen molar-refractivity contribution in [2.24, 2.45) is 0 Å². The minimum absolute atomic E-state index is 0.0395. The molecule has 0 saturated heterocycles. The van der Waals surface area contributed by atoms with Crippen molar-refractivity contribution in [2.45, 2.75) is 38.8 Å². The predicted molar refractivity (Wildman–Crippen MR) is 145 cm³/mol. The van der Waals surface area contributed by atoms with Gasteiger partial charge >= 0.3 is 0 Å². The quantitative estimate of drug-likeness (QED) is 0.336. The number of rotatable bonds is 12. The van der Waals surface area contributed by atoms with Crippen LogP contribution in [0.25, 0.3) is 0 Å². The second-order valence-electron chi connectivity index (χ2n) is 9.13. The van der Waals surface area contributed by atoms with Crippen molar-refractivity contribution in [1.82, 2.24) is 9.80 Å². The Morgan fingerprint density at radius 2 is 1.65 bits per heavy atom. The van der Waals surface area contributed by atoms with Crippen molar-refractivity contribution in [2.75, 3.05) is 34.4 Å². The second kappa shape index (κ2) is 12.1. The molecule has 0 atom stereocenters. The van der Waals surface area contributed by atoms with Crippen LogP contribution in [0.2, 0.25) is 0 Å². The number of ether oxygens (including phenoxy) is 3. The number of carbonyl (C=O) groups excluding carboxylic acids is 2. The molecule has 0 spiro atoms. The highest BCUT2D eigenvalue weighted by molar-refractivity contribution is 7.11. The summed E-state index contributed by atoms with van der Waals surface area (Å²) in [4.78, 5) is 33.1. The summed E-state index contributed by atoms with van der Waals surface area (Å²) in [7, 11) is 4.78. The number of amides is 2. The predicted octanol–water partition coefficient (Wildman–Crippen LogP) is 4.96. The van der Waals surface area contributed by atoms with E-state index in [1.165, 1.54) is 4.88 Å². The Bertz CT molecular complexity index is 1240. The molecular weight excluding hydrogens is 488 g/mol. The summed E-state index contributed by atoms with van der Waals surface area (Å²) in [5.41, 5.74) is 1.53. The summed E-state index contributed by atoms with van der Waals surface area (Å²) in [6.45, 7) is 3.13. The van der Waals surface area contributed by atoms with Crippen LogP contribution in [0.5, 0.6) is 17.2 Å². The Labute approximate surface area is 222 Å². The van der Waals surface area contributed by atoms with E-state index < -0.39 is 0 Å². The lowest BCUT2D eigenvalue weighted by molar-refractivity contribution is -0.132. The molecule has 2 amide bonds. The molecule has 7 nitrogen and oxygen atoms in total. The van der Waals surface area contributed by atoms with Gasteiger partial charge in [0.1, 0.15) is 12.3 Å². The fourth-order valence-electron chi connectivity index (χ4n) is 4.33. The fourth-order valence-corrected chi connectivity index (χ4v) is 5.23. The van der Waals surface area contributed by atoms with E-state index >= 15 is 0 Å². The van der Waals surface area contributed by atoms with Gasteiger partial charge in [0.25, 0.3) is 5.91 Å². The minimum atomic E-state index is -0.167. The zero-order valence-corrected chi connectivity index (χ0v) is 22.7. The maximum absolute atomic E-state index is 13.7. The Kier molecular flexibility index (Phi) is 8.71. The van der Waals surface area contributed by atoms with Gasteiger partial charge in [-0.05, 0) is 68.1 Å². The number of nitrogens with zero attached hydrogens (tertiary/aromatic N) is 2. The molecule has 0 aliphatic heterocycles. The van der Waals surface area contributed by atoms with Gasteiger partial charge in [0.15, 0.2) is 11.5 Å². The van der Waals surface area contributed by atoms with Gasteiger partial charge in [0, 0.05) is 22.3 Å². The van der Waals surface area contributed by atoms with E-state index in [1.807, 2.05) is 35.2 Å². The Morgan fingerprint density at radius 1 is 0.919 bits per heavy atom. The van der Waals surface area contributed by atoms with Crippen LogP contribution in [0.3, 0.4) is 0 Å². The topological polar surface area (TPSA) is 68.3 Å². The number of thiophene rings is 1. The molecule has 0 radical (unpaired) electrons. The maximum Gasteiger partial charge on any atom is 0.258 e. The van der Waals surface area contributed by atoms with E-state index in [9.17, 15) is 9.59 Å². The van der Waals surface area contributed by atoms with Crippen LogP contribution in [-0.2, 0) is 17.8 Å². The van der Waals surface area contributed by atoms with Crippen LogP contribution in [-0.4, -0.2) is 62.1 Å². The van der Waals surface area contributed by atoms with E-state index in [1.54, 1.807) is 49.7 Å². The van der Waals surface area contributed by atoms with Crippen molar-refractivity contribution in [3.63, 3.8) is 0 Å². The first kappa shape index (κ1) is 26.5. The number of hydrogen-bond donors (Lipinski definition) is 0. The zero-order chi connectivity index (χ0) is 26.4. The highest BCUT2D eigenvalue weighted by Crippen LogP contribution is 2.31. The van der Waals surface area contributed by atoms with Gasteiger partial charge in [-0.1, -0.05) is 18.2 Å². The lowest BCUT2D eigenvalue weighted by Gasteiger charge is -2.28. The lowest BCUT2D eigenvalue weighted by Crippen LogP contribution is -2.44. The third kappa shape index (κ3) is 6.63. The lowest BCUT2D eigenvalue weighted by atomic mass is 10.1. The molecule has 196 valence electrons. The third-order valence-electron chi connectivity index (χ3n) is 6.51. The monoisotopic (exact) mass is 522 g/mol. The highest BCUT2D eigenvalue weighted by Gasteiger charge is 2.36. The molecule has 1 saturated carbocycles. The normalized spacial score (nSPS) is 12.6. The number of carbonyl (C=O) groups is 2. The summed E-state index contributed by atoms with van der Waals surface area (Å²) in [5.74, 6) is 1.61. The standard InChI is InChI=1S/C29H34N2O5S/c1-20-9-13-23(37-20)18-30(16-15-21-10-14-26(35-3)27(17-21)36-4)28(32)19-31(22-11-12-22)29(33)24-7-5-6-8-25(24)34-2/h5-10,13-14,17,22H,11-12,15-16,18-19H2,1-4H3. The molecule has 0 bridgehead atoms. The molecule has 0 unspecified atom stereocenters. The van der Waals surface area contributed by atoms with E-state index in [-0.39, 0.29) is 24.4 Å². The van der Waals surface area contributed by atoms with E-state index in [0.717, 1.165) is 23.3 Å². The number of para-hydroxylation sites is 1. The summed E-state index contributed by atoms with van der Waals surface area (Å²) in [6, 6.07) is 17.2. The first-order chi connectivity index (χ1) is 17.9. The maximum atomic E-state index is 13.7. The molecule has 1 heterocycles. The fraction of sp³-hybridized carbons (Fsp3) is 0.379. The number of benzene rings is 2. The van der Waals surface area contributed by atoms with Crippen molar-refractivity contribution >= 4 is 23.2 Å². The number of methoxy groups -OCH3 is 3. The van der Waals surface area contributed by atoms with Crippen LogP contribution >= 0.6 is 11.3 Å². The van der Waals surface area contributed by atoms with Crippen LogP contribution in [0.1, 0.15) is 38.5 Å². The van der Waals surface area contributed by atoms with Gasteiger partial charge in [0.05, 0.1) is 33.4 Å². The molecule has 4 rings (SSSR count). The van der Waals surface area contributed by atoms with Crippen LogP contribution in [0.4, 0.5) is 0 Å². The van der Waals surface area contributed by atoms with Crippen molar-refractivity contribution in [3.05, 3.63) is 75.5 Å². The smallest absolute Gasteiger partial charge is 0.258 e. The molecule has 1 aromatic heterocycles. The SMILES string of the molecule is COc1ccc(CCN(Cc2ccc(C)s2)C(=O)CN(C(=O)c2ccccc2OC)C2CC2)cc1OC. The summed E-state index contributed by atoms with van der Waals surface area (Å²) in [5, 5.41) is 0. The second-order valence-corrected chi connectivity index (χ2v) is 10.5. The summed E-state index contributed by atoms with van der Waals surface area (Å²) in [6.07, 6.45) is 2.47. The molecule has 1 aliphatic carbocycles. The first-order valence-corrected chi connectivity index (χ1v) is 13.2. The molecule has 1 fully saturated rings. The minimum Gasteiger partial charge on any atom is -0.496 e. The van der Waals surface area contributed by atoms with Gasteiger partial charge in [-0.2, -0.15) is 0 Å². The summed E-state index contributed by atoms with van der Waals surface area (Å²) >= 11 is 1.68. The van der Waals surface area contributed by atoms with Crippen LogP contribution in [0, 0.1) is 6.92 Å². The highest BCUT2D eigenvalue weighted by atomic mass is 32.1. The van der Waals surface area contributed by atoms with Gasteiger partial charge < -0.3 is 24.0 Å². The number of aryl methyl sites for hydroxylation is 1. The van der Waals surface area contributed by atoms with Gasteiger partial charge in [0.2, 0.25) is 5.91 Å². The molecule has 2 aromatic carbocycles. The van der Waals surface area contributed by atoms with Crippen molar-refractivity contribution in [3.8, 4) is 17.2 Å². The average Bonchev–Trinajstić information content (AvgIpc) is 3.69. The van der Waals surface area contributed by atoms with E-state index in [2.05, 4.69) is 19.1 Å². The van der Waals surface area contributed by atoms with Gasteiger partial charge in [-0.25, -0.2) is 0 Å². The van der Waals surface area contributed by atoms with Crippen LogP contribution in [0.15, 0.2) is 54.6 Å².